The number of tetrazole rings is 1. The van der Waals surface area contributed by atoms with Gasteiger partial charge in [0.15, 0.2) is 5.78 Å². The molecule has 2 aromatic carbocycles. The maximum atomic E-state index is 13.5. The molecular formula is C20H19N5OS. The van der Waals surface area contributed by atoms with Crippen molar-refractivity contribution in [3.05, 3.63) is 71.4 Å². The molecule has 1 atom stereocenters. The van der Waals surface area contributed by atoms with E-state index in [4.69, 9.17) is 0 Å². The van der Waals surface area contributed by atoms with Gasteiger partial charge in [-0.25, -0.2) is 4.68 Å². The number of rotatable bonds is 6. The predicted octanol–water partition coefficient (Wildman–Crippen LogP) is 3.97. The summed E-state index contributed by atoms with van der Waals surface area (Å²) in [6.07, 6.45) is 2.73. The highest BCUT2D eigenvalue weighted by atomic mass is 32.2. The van der Waals surface area contributed by atoms with E-state index < -0.39 is 5.25 Å². The van der Waals surface area contributed by atoms with E-state index in [-0.39, 0.29) is 5.78 Å². The zero-order chi connectivity index (χ0) is 18.8. The first-order chi connectivity index (χ1) is 13.2. The van der Waals surface area contributed by atoms with Gasteiger partial charge in [-0.3, -0.25) is 4.79 Å². The molecule has 4 aromatic rings. The number of H-pyrrole nitrogens is 1. The number of ketones is 1. The van der Waals surface area contributed by atoms with Crippen molar-refractivity contribution in [1.29, 1.82) is 0 Å². The molecule has 0 spiro atoms. The summed E-state index contributed by atoms with van der Waals surface area (Å²) in [5.74, 6) is 0.0358. The Labute approximate surface area is 161 Å². The van der Waals surface area contributed by atoms with Crippen LogP contribution in [0.4, 0.5) is 0 Å². The molecule has 0 aliphatic rings. The average molecular weight is 377 g/mol. The number of thioether (sulfide) groups is 1. The second kappa shape index (κ2) is 7.36. The Morgan fingerprint density at radius 3 is 2.70 bits per heavy atom. The number of hydrogen-bond acceptors (Lipinski definition) is 5. The SMILES string of the molecule is CCc1cccc2c(C(=O)[C@H](Sc3nnnn3C)c3ccccc3)c[nH]c12. The lowest BCUT2D eigenvalue weighted by Gasteiger charge is -2.14. The lowest BCUT2D eigenvalue weighted by atomic mass is 10.0. The average Bonchev–Trinajstić information content (AvgIpc) is 3.32. The zero-order valence-electron chi connectivity index (χ0n) is 15.1. The van der Waals surface area contributed by atoms with Crippen LogP contribution in [0.1, 0.15) is 33.7 Å². The number of nitrogens with zero attached hydrogens (tertiary/aromatic N) is 4. The summed E-state index contributed by atoms with van der Waals surface area (Å²) < 4.78 is 1.58. The lowest BCUT2D eigenvalue weighted by Crippen LogP contribution is -2.11. The van der Waals surface area contributed by atoms with Gasteiger partial charge in [0.25, 0.3) is 0 Å². The standard InChI is InChI=1S/C20H19N5OS/c1-3-13-10-7-11-15-16(12-21-17(13)15)18(26)19(14-8-5-4-6-9-14)27-20-22-23-24-25(20)2/h4-12,19,21H,3H2,1-2H3/t19-/m1/s1. The van der Waals surface area contributed by atoms with E-state index in [1.807, 2.05) is 48.7 Å². The molecule has 1 N–H and O–H groups in total. The summed E-state index contributed by atoms with van der Waals surface area (Å²) in [6.45, 7) is 2.11. The number of carbonyl (C=O) groups excluding carboxylic acids is 1. The van der Waals surface area contributed by atoms with Crippen LogP contribution in [-0.2, 0) is 13.5 Å². The van der Waals surface area contributed by atoms with Crippen LogP contribution >= 0.6 is 11.8 Å². The fraction of sp³-hybridized carbons (Fsp3) is 0.200. The molecule has 7 heteroatoms. The zero-order valence-corrected chi connectivity index (χ0v) is 15.9. The monoisotopic (exact) mass is 377 g/mol. The maximum Gasteiger partial charge on any atom is 0.210 e. The van der Waals surface area contributed by atoms with Crippen LogP contribution in [0.2, 0.25) is 0 Å². The van der Waals surface area contributed by atoms with Gasteiger partial charge in [-0.2, -0.15) is 0 Å². The van der Waals surface area contributed by atoms with Crippen molar-refractivity contribution in [2.45, 2.75) is 23.8 Å². The topological polar surface area (TPSA) is 76.5 Å². The molecule has 0 amide bonds. The second-order valence-electron chi connectivity index (χ2n) is 6.25. The number of carbonyl (C=O) groups is 1. The fourth-order valence-electron chi connectivity index (χ4n) is 3.18. The first kappa shape index (κ1) is 17.5. The number of aromatic amines is 1. The molecule has 6 nitrogen and oxygen atoms in total. The van der Waals surface area contributed by atoms with Crippen LogP contribution < -0.4 is 0 Å². The Balaban J connectivity index is 1.78. The molecule has 136 valence electrons. The molecule has 0 fully saturated rings. The van der Waals surface area contributed by atoms with E-state index in [2.05, 4.69) is 33.5 Å². The minimum atomic E-state index is -0.430. The van der Waals surface area contributed by atoms with Crippen LogP contribution in [-0.4, -0.2) is 31.0 Å². The van der Waals surface area contributed by atoms with Gasteiger partial charge in [0, 0.05) is 29.7 Å². The third-order valence-corrected chi connectivity index (χ3v) is 5.87. The normalized spacial score (nSPS) is 12.4. The van der Waals surface area contributed by atoms with E-state index in [1.165, 1.54) is 17.3 Å². The van der Waals surface area contributed by atoms with Gasteiger partial charge < -0.3 is 4.98 Å². The summed E-state index contributed by atoms with van der Waals surface area (Å²) in [5, 5.41) is 12.7. The van der Waals surface area contributed by atoms with Crippen LogP contribution in [0.25, 0.3) is 10.9 Å². The largest absolute Gasteiger partial charge is 0.360 e. The second-order valence-corrected chi connectivity index (χ2v) is 7.33. The molecule has 0 aliphatic carbocycles. The van der Waals surface area contributed by atoms with Gasteiger partial charge in [0.1, 0.15) is 5.25 Å². The number of hydrogen-bond donors (Lipinski definition) is 1. The molecule has 0 saturated carbocycles. The van der Waals surface area contributed by atoms with Crippen molar-refractivity contribution in [2.75, 3.05) is 0 Å². The van der Waals surface area contributed by atoms with Crippen molar-refractivity contribution in [2.24, 2.45) is 7.05 Å². The summed E-state index contributed by atoms with van der Waals surface area (Å²) in [5.41, 5.74) is 3.85. The Morgan fingerprint density at radius 2 is 2.00 bits per heavy atom. The molecule has 0 aliphatic heterocycles. The van der Waals surface area contributed by atoms with Crippen molar-refractivity contribution in [3.63, 3.8) is 0 Å². The summed E-state index contributed by atoms with van der Waals surface area (Å²) in [4.78, 5) is 16.8. The highest BCUT2D eigenvalue weighted by Crippen LogP contribution is 2.38. The summed E-state index contributed by atoms with van der Waals surface area (Å²) in [6, 6.07) is 15.8. The van der Waals surface area contributed by atoms with Crippen LogP contribution in [0, 0.1) is 0 Å². The van der Waals surface area contributed by atoms with Gasteiger partial charge in [0.2, 0.25) is 5.16 Å². The minimum Gasteiger partial charge on any atom is -0.360 e. The molecule has 4 rings (SSSR count). The Bertz CT molecular complexity index is 1090. The third-order valence-electron chi connectivity index (χ3n) is 4.59. The van der Waals surface area contributed by atoms with Gasteiger partial charge in [-0.05, 0) is 28.0 Å². The Kier molecular flexibility index (Phi) is 4.77. The number of benzene rings is 2. The van der Waals surface area contributed by atoms with Crippen molar-refractivity contribution < 1.29 is 4.79 Å². The lowest BCUT2D eigenvalue weighted by molar-refractivity contribution is 0.0991. The molecular weight excluding hydrogens is 358 g/mol. The smallest absolute Gasteiger partial charge is 0.210 e. The molecule has 2 aromatic heterocycles. The number of Topliss-reactive ketones (excluding diaryl/α,β-unsaturated/α-hetero) is 1. The highest BCUT2D eigenvalue weighted by molar-refractivity contribution is 8.00. The molecule has 2 heterocycles. The summed E-state index contributed by atoms with van der Waals surface area (Å²) >= 11 is 1.36. The van der Waals surface area contributed by atoms with Gasteiger partial charge in [0.05, 0.1) is 0 Å². The Hall–Kier alpha value is -2.93. The number of aromatic nitrogens is 5. The number of para-hydroxylation sites is 1. The van der Waals surface area contributed by atoms with E-state index in [9.17, 15) is 4.79 Å². The summed E-state index contributed by atoms with van der Waals surface area (Å²) in [7, 11) is 1.77. The van der Waals surface area contributed by atoms with E-state index >= 15 is 0 Å². The van der Waals surface area contributed by atoms with E-state index in [1.54, 1.807) is 11.7 Å². The minimum absolute atomic E-state index is 0.0358. The van der Waals surface area contributed by atoms with E-state index in [0.29, 0.717) is 10.7 Å². The van der Waals surface area contributed by atoms with Crippen molar-refractivity contribution in [1.82, 2.24) is 25.2 Å². The van der Waals surface area contributed by atoms with Crippen molar-refractivity contribution >= 4 is 28.4 Å². The molecule has 0 radical (unpaired) electrons. The molecule has 0 saturated heterocycles. The molecule has 27 heavy (non-hydrogen) atoms. The van der Waals surface area contributed by atoms with Gasteiger partial charge in [-0.1, -0.05) is 67.2 Å². The molecule has 0 unspecified atom stereocenters. The third kappa shape index (κ3) is 3.26. The van der Waals surface area contributed by atoms with Crippen molar-refractivity contribution in [3.8, 4) is 0 Å². The van der Waals surface area contributed by atoms with Crippen LogP contribution in [0.3, 0.4) is 0 Å². The van der Waals surface area contributed by atoms with E-state index in [0.717, 1.165) is 22.9 Å². The number of nitrogens with one attached hydrogen (secondary N) is 1. The maximum absolute atomic E-state index is 13.5. The number of fused-ring (bicyclic) bond motifs is 1. The van der Waals surface area contributed by atoms with Gasteiger partial charge in [-0.15, -0.1) is 5.10 Å². The predicted molar refractivity (Wildman–Crippen MR) is 106 cm³/mol. The van der Waals surface area contributed by atoms with Crippen LogP contribution in [0.5, 0.6) is 0 Å². The van der Waals surface area contributed by atoms with Gasteiger partial charge >= 0.3 is 0 Å². The van der Waals surface area contributed by atoms with Crippen LogP contribution in [0.15, 0.2) is 59.9 Å². The number of aryl methyl sites for hydroxylation is 2. The Morgan fingerprint density at radius 1 is 1.19 bits per heavy atom. The quantitative estimate of drug-likeness (QED) is 0.406. The molecule has 0 bridgehead atoms. The first-order valence-corrected chi connectivity index (χ1v) is 9.64. The fourth-order valence-corrected chi connectivity index (χ4v) is 4.19. The first-order valence-electron chi connectivity index (χ1n) is 8.76. The highest BCUT2D eigenvalue weighted by Gasteiger charge is 2.27.